The van der Waals surface area contributed by atoms with Crippen LogP contribution >= 0.6 is 0 Å². The van der Waals surface area contributed by atoms with Crippen LogP contribution < -0.4 is 5.32 Å². The minimum Gasteiger partial charge on any atom is -0.394 e. The van der Waals surface area contributed by atoms with Gasteiger partial charge in [0.25, 0.3) is 0 Å². The van der Waals surface area contributed by atoms with Crippen molar-refractivity contribution in [3.63, 3.8) is 0 Å². The molecule has 1 rings (SSSR count). The third-order valence-electron chi connectivity index (χ3n) is 11.5. The molecule has 1 aliphatic rings. The van der Waals surface area contributed by atoms with Crippen LogP contribution in [-0.2, 0) is 14.3 Å². The quantitative estimate of drug-likeness (QED) is 0.0238. The number of ether oxygens (including phenoxy) is 2. The third-order valence-corrected chi connectivity index (χ3v) is 11.5. The van der Waals surface area contributed by atoms with Gasteiger partial charge in [0.1, 0.15) is 30.5 Å². The zero-order chi connectivity index (χ0) is 41.1. The molecule has 1 fully saturated rings. The number of nitrogens with one attached hydrogen (secondary N) is 1. The monoisotopic (exact) mass is 800 g/mol. The summed E-state index contributed by atoms with van der Waals surface area (Å²) in [7, 11) is 0. The van der Waals surface area contributed by atoms with E-state index in [2.05, 4.69) is 19.2 Å². The van der Waals surface area contributed by atoms with Gasteiger partial charge in [-0.2, -0.15) is 0 Å². The summed E-state index contributed by atoms with van der Waals surface area (Å²) in [6.07, 6.45) is 31.5. The van der Waals surface area contributed by atoms with Crippen LogP contribution in [0.15, 0.2) is 12.2 Å². The second-order valence-corrected chi connectivity index (χ2v) is 16.7. The Hall–Kier alpha value is -1.11. The van der Waals surface area contributed by atoms with Crippen LogP contribution in [-0.4, -0.2) is 98.7 Å². The van der Waals surface area contributed by atoms with Gasteiger partial charge in [0, 0.05) is 0 Å². The van der Waals surface area contributed by atoms with E-state index in [4.69, 9.17) is 9.47 Å². The number of carbonyl (C=O) groups excluding carboxylic acids is 1. The maximum absolute atomic E-state index is 13.0. The summed E-state index contributed by atoms with van der Waals surface area (Å²) in [6.45, 7) is 3.61. The summed E-state index contributed by atoms with van der Waals surface area (Å²) >= 11 is 0. The lowest BCUT2D eigenvalue weighted by Crippen LogP contribution is -2.60. The van der Waals surface area contributed by atoms with Gasteiger partial charge in [0.2, 0.25) is 5.91 Å². The predicted molar refractivity (Wildman–Crippen MR) is 227 cm³/mol. The number of rotatable bonds is 39. The Balaban J connectivity index is 2.39. The molecule has 332 valence electrons. The van der Waals surface area contributed by atoms with Gasteiger partial charge >= 0.3 is 0 Å². The molecular formula is C46H89NO9. The molecule has 0 aromatic heterocycles. The van der Waals surface area contributed by atoms with Crippen molar-refractivity contribution in [3.05, 3.63) is 12.2 Å². The molecule has 0 bridgehead atoms. The van der Waals surface area contributed by atoms with Gasteiger partial charge in [-0.15, -0.1) is 0 Å². The van der Waals surface area contributed by atoms with Crippen LogP contribution in [0.2, 0.25) is 0 Å². The summed E-state index contributed by atoms with van der Waals surface area (Å²) in [6, 6.07) is -0.974. The maximum Gasteiger partial charge on any atom is 0.249 e. The second-order valence-electron chi connectivity index (χ2n) is 16.7. The molecule has 0 radical (unpaired) electrons. The van der Waals surface area contributed by atoms with Crippen molar-refractivity contribution < 1.29 is 44.9 Å². The van der Waals surface area contributed by atoms with Crippen molar-refractivity contribution in [1.82, 2.24) is 5.32 Å². The van der Waals surface area contributed by atoms with E-state index in [0.29, 0.717) is 6.42 Å². The molecule has 0 aliphatic carbocycles. The lowest BCUT2D eigenvalue weighted by molar-refractivity contribution is -0.302. The van der Waals surface area contributed by atoms with Crippen molar-refractivity contribution in [2.75, 3.05) is 13.2 Å². The fraction of sp³-hybridized carbons (Fsp3) is 0.935. The summed E-state index contributed by atoms with van der Waals surface area (Å²) in [5.74, 6) is -0.614. The van der Waals surface area contributed by atoms with Gasteiger partial charge in [-0.1, -0.05) is 206 Å². The van der Waals surface area contributed by atoms with E-state index >= 15 is 0 Å². The second kappa shape index (κ2) is 36.9. The Bertz CT molecular complexity index is 906. The third kappa shape index (κ3) is 26.8. The molecule has 0 saturated carbocycles. The van der Waals surface area contributed by atoms with Crippen LogP contribution in [0.5, 0.6) is 0 Å². The molecule has 7 N–H and O–H groups in total. The van der Waals surface area contributed by atoms with Gasteiger partial charge in [-0.05, 0) is 19.3 Å². The Morgan fingerprint density at radius 1 is 0.607 bits per heavy atom. The topological polar surface area (TPSA) is 169 Å². The Morgan fingerprint density at radius 3 is 1.45 bits per heavy atom. The summed E-state index contributed by atoms with van der Waals surface area (Å²) in [4.78, 5) is 13.0. The first-order chi connectivity index (χ1) is 27.3. The highest BCUT2D eigenvalue weighted by Gasteiger charge is 2.44. The summed E-state index contributed by atoms with van der Waals surface area (Å²) in [5.41, 5.74) is 0. The first-order valence-corrected chi connectivity index (χ1v) is 23.5. The number of unbranched alkanes of at least 4 members (excludes halogenated alkanes) is 28. The average Bonchev–Trinajstić information content (AvgIpc) is 3.20. The maximum atomic E-state index is 13.0. The summed E-state index contributed by atoms with van der Waals surface area (Å²) in [5, 5.41) is 64.6. The molecule has 1 saturated heterocycles. The van der Waals surface area contributed by atoms with Crippen molar-refractivity contribution in [1.29, 1.82) is 0 Å². The molecule has 1 amide bonds. The minimum absolute atomic E-state index is 0.301. The zero-order valence-corrected chi connectivity index (χ0v) is 36.0. The van der Waals surface area contributed by atoms with E-state index in [1.54, 1.807) is 6.08 Å². The van der Waals surface area contributed by atoms with Gasteiger partial charge < -0.3 is 45.4 Å². The fourth-order valence-corrected chi connectivity index (χ4v) is 7.57. The van der Waals surface area contributed by atoms with E-state index < -0.39 is 61.5 Å². The Labute approximate surface area is 342 Å². The SMILES string of the molecule is CCCCCCCCCCCCCC/C=C/C(O)C(COC1OC(CO)C(O)C(O)C1O)NC(=O)C(O)CCCCCCCCCCCCCCCCCCC. The Kier molecular flexibility index (Phi) is 34.9. The number of aliphatic hydroxyl groups is 6. The average molecular weight is 800 g/mol. The van der Waals surface area contributed by atoms with Crippen molar-refractivity contribution in [2.24, 2.45) is 0 Å². The van der Waals surface area contributed by atoms with Crippen molar-refractivity contribution >= 4 is 5.91 Å². The van der Waals surface area contributed by atoms with Crippen molar-refractivity contribution in [2.45, 2.75) is 262 Å². The van der Waals surface area contributed by atoms with Crippen molar-refractivity contribution in [3.8, 4) is 0 Å². The smallest absolute Gasteiger partial charge is 0.249 e. The molecule has 8 unspecified atom stereocenters. The standard InChI is InChI=1S/C46H89NO9/c1-3-5-7-9-11-13-15-17-19-20-21-23-25-27-29-31-33-35-40(50)45(54)47-38(37-55-46-44(53)43(52)42(51)41(36-48)56-46)39(49)34-32-30-28-26-24-22-18-16-14-12-10-8-6-4-2/h32,34,38-44,46,48-53H,3-31,33,35-37H2,1-2H3,(H,47,54)/b34-32+. The highest BCUT2D eigenvalue weighted by atomic mass is 16.7. The number of aliphatic hydroxyl groups excluding tert-OH is 6. The normalized spacial score (nSPS) is 21.8. The van der Waals surface area contributed by atoms with E-state index in [1.165, 1.54) is 148 Å². The number of hydrogen-bond donors (Lipinski definition) is 7. The van der Waals surface area contributed by atoms with Crippen LogP contribution in [0.4, 0.5) is 0 Å². The molecule has 1 heterocycles. The van der Waals surface area contributed by atoms with E-state index in [0.717, 1.165) is 44.9 Å². The molecular weight excluding hydrogens is 711 g/mol. The van der Waals surface area contributed by atoms with Crippen LogP contribution in [0.25, 0.3) is 0 Å². The summed E-state index contributed by atoms with van der Waals surface area (Å²) < 4.78 is 11.1. The first kappa shape index (κ1) is 52.9. The Morgan fingerprint density at radius 2 is 1.02 bits per heavy atom. The molecule has 10 heteroatoms. The first-order valence-electron chi connectivity index (χ1n) is 23.5. The largest absolute Gasteiger partial charge is 0.394 e. The molecule has 1 aliphatic heterocycles. The zero-order valence-electron chi connectivity index (χ0n) is 36.0. The van der Waals surface area contributed by atoms with Gasteiger partial charge in [0.15, 0.2) is 6.29 Å². The molecule has 0 spiro atoms. The lowest BCUT2D eigenvalue weighted by Gasteiger charge is -2.40. The number of allylic oxidation sites excluding steroid dienone is 1. The lowest BCUT2D eigenvalue weighted by atomic mass is 9.99. The molecule has 0 aromatic carbocycles. The number of hydrogen-bond acceptors (Lipinski definition) is 9. The van der Waals surface area contributed by atoms with E-state index in [1.807, 2.05) is 6.08 Å². The predicted octanol–water partition coefficient (Wildman–Crippen LogP) is 8.70. The number of carbonyl (C=O) groups is 1. The number of amides is 1. The van der Waals surface area contributed by atoms with Crippen LogP contribution in [0.3, 0.4) is 0 Å². The van der Waals surface area contributed by atoms with E-state index in [9.17, 15) is 35.4 Å². The van der Waals surface area contributed by atoms with Gasteiger partial charge in [-0.3, -0.25) is 4.79 Å². The van der Waals surface area contributed by atoms with Gasteiger partial charge in [-0.25, -0.2) is 0 Å². The fourth-order valence-electron chi connectivity index (χ4n) is 7.57. The molecule has 10 nitrogen and oxygen atoms in total. The highest BCUT2D eigenvalue weighted by molar-refractivity contribution is 5.80. The van der Waals surface area contributed by atoms with Crippen LogP contribution in [0.1, 0.15) is 213 Å². The molecule has 8 atom stereocenters. The highest BCUT2D eigenvalue weighted by Crippen LogP contribution is 2.23. The van der Waals surface area contributed by atoms with Crippen LogP contribution in [0, 0.1) is 0 Å². The van der Waals surface area contributed by atoms with E-state index in [-0.39, 0.29) is 6.61 Å². The minimum atomic E-state index is -1.61. The molecule has 56 heavy (non-hydrogen) atoms. The molecule has 0 aromatic rings. The van der Waals surface area contributed by atoms with Gasteiger partial charge in [0.05, 0.1) is 25.4 Å².